The number of benzene rings is 1. The number of aryl methyl sites for hydroxylation is 1. The van der Waals surface area contributed by atoms with Gasteiger partial charge in [0.2, 0.25) is 8.38 Å². The molecule has 0 saturated carbocycles. The van der Waals surface area contributed by atoms with Gasteiger partial charge in [0.15, 0.2) is 6.35 Å². The lowest BCUT2D eigenvalue weighted by Crippen LogP contribution is -1.95. The molecular formula is C10H16FO3P. The summed E-state index contributed by atoms with van der Waals surface area (Å²) in [4.78, 5) is 17.1. The van der Waals surface area contributed by atoms with Crippen molar-refractivity contribution in [2.45, 2.75) is 20.8 Å². The molecule has 5 heteroatoms. The fraction of sp³-hybridized carbons (Fsp3) is 0.400. The predicted molar refractivity (Wildman–Crippen MR) is 59.3 cm³/mol. The first kappa shape index (κ1) is 14.3. The molecule has 15 heavy (non-hydrogen) atoms. The van der Waals surface area contributed by atoms with Gasteiger partial charge in [-0.05, 0) is 18.6 Å². The molecule has 0 saturated heterocycles. The van der Waals surface area contributed by atoms with Crippen LogP contribution >= 0.6 is 8.38 Å². The van der Waals surface area contributed by atoms with Gasteiger partial charge in [-0.2, -0.15) is 0 Å². The van der Waals surface area contributed by atoms with Gasteiger partial charge in [0.1, 0.15) is 11.6 Å². The Morgan fingerprint density at radius 1 is 1.33 bits per heavy atom. The topological polar surface area (TPSA) is 49.7 Å². The van der Waals surface area contributed by atoms with Gasteiger partial charge in [-0.25, -0.2) is 4.39 Å². The predicted octanol–water partition coefficient (Wildman–Crippen LogP) is 2.79. The molecule has 0 bridgehead atoms. The van der Waals surface area contributed by atoms with Gasteiger partial charge < -0.3 is 14.5 Å². The van der Waals surface area contributed by atoms with Gasteiger partial charge in [0.25, 0.3) is 0 Å². The van der Waals surface area contributed by atoms with Crippen LogP contribution in [-0.4, -0.2) is 16.1 Å². The maximum atomic E-state index is 12.9. The van der Waals surface area contributed by atoms with Crippen LogP contribution in [0.15, 0.2) is 18.2 Å². The van der Waals surface area contributed by atoms with Crippen molar-refractivity contribution >= 4 is 8.38 Å². The zero-order valence-corrected chi connectivity index (χ0v) is 9.96. The standard InChI is InChI=1S/C8H10FO3P.C2H6/c1-6-2-3-7(4-8(6)9)12-5-13(10)11;1-2/h2-4,10-11H,5H2,1H3;1-2H3. The Balaban J connectivity index is 0.000000921. The van der Waals surface area contributed by atoms with Crippen molar-refractivity contribution < 1.29 is 18.9 Å². The van der Waals surface area contributed by atoms with Crippen molar-refractivity contribution in [1.82, 2.24) is 0 Å². The van der Waals surface area contributed by atoms with Gasteiger partial charge in [0.05, 0.1) is 0 Å². The van der Waals surface area contributed by atoms with Crippen LogP contribution in [0.2, 0.25) is 0 Å². The van der Waals surface area contributed by atoms with Crippen molar-refractivity contribution in [2.75, 3.05) is 6.35 Å². The maximum Gasteiger partial charge on any atom is 0.205 e. The van der Waals surface area contributed by atoms with E-state index in [2.05, 4.69) is 0 Å². The highest BCUT2D eigenvalue weighted by molar-refractivity contribution is 7.44. The number of halogens is 1. The minimum Gasteiger partial charge on any atom is -0.484 e. The Morgan fingerprint density at radius 2 is 1.93 bits per heavy atom. The summed E-state index contributed by atoms with van der Waals surface area (Å²) in [5.41, 5.74) is 0.530. The molecule has 1 rings (SSSR count). The molecule has 0 aliphatic heterocycles. The van der Waals surface area contributed by atoms with E-state index in [-0.39, 0.29) is 12.2 Å². The van der Waals surface area contributed by atoms with E-state index in [9.17, 15) is 4.39 Å². The van der Waals surface area contributed by atoms with E-state index in [4.69, 9.17) is 14.5 Å². The summed E-state index contributed by atoms with van der Waals surface area (Å²) in [5, 5.41) is 0. The lowest BCUT2D eigenvalue weighted by Gasteiger charge is -2.06. The molecule has 0 radical (unpaired) electrons. The summed E-state index contributed by atoms with van der Waals surface area (Å²) in [5.74, 6) is -0.0589. The number of hydrogen-bond acceptors (Lipinski definition) is 3. The normalized spacial score (nSPS) is 9.53. The zero-order valence-electron chi connectivity index (χ0n) is 9.07. The number of rotatable bonds is 3. The van der Waals surface area contributed by atoms with E-state index in [1.165, 1.54) is 6.07 Å². The molecule has 1 aromatic carbocycles. The molecule has 0 aliphatic rings. The SMILES string of the molecule is CC.Cc1ccc(OCP(O)O)cc1F. The van der Waals surface area contributed by atoms with E-state index in [1.807, 2.05) is 13.8 Å². The molecule has 3 nitrogen and oxygen atoms in total. The summed E-state index contributed by atoms with van der Waals surface area (Å²) < 4.78 is 17.8. The lowest BCUT2D eigenvalue weighted by molar-refractivity contribution is 0.346. The second kappa shape index (κ2) is 7.57. The molecule has 0 heterocycles. The Hall–Kier alpha value is -0.700. The Bertz CT molecular complexity index is 292. The lowest BCUT2D eigenvalue weighted by atomic mass is 10.2. The molecule has 0 aliphatic carbocycles. The third kappa shape index (κ3) is 5.67. The second-order valence-corrected chi connectivity index (χ2v) is 3.56. The average Bonchev–Trinajstić information content (AvgIpc) is 2.23. The highest BCUT2D eigenvalue weighted by Gasteiger charge is 2.02. The van der Waals surface area contributed by atoms with Crippen LogP contribution in [-0.2, 0) is 0 Å². The van der Waals surface area contributed by atoms with Crippen LogP contribution < -0.4 is 4.74 Å². The molecule has 0 amide bonds. The minimum absolute atomic E-state index is 0.197. The highest BCUT2D eigenvalue weighted by Crippen LogP contribution is 2.25. The maximum absolute atomic E-state index is 12.9. The quantitative estimate of drug-likeness (QED) is 0.790. The van der Waals surface area contributed by atoms with Crippen molar-refractivity contribution in [3.63, 3.8) is 0 Å². The van der Waals surface area contributed by atoms with Crippen molar-refractivity contribution in [3.05, 3.63) is 29.6 Å². The molecule has 0 atom stereocenters. The first-order valence-corrected chi connectivity index (χ1v) is 6.07. The minimum atomic E-state index is -2.09. The molecule has 1 aromatic rings. The molecule has 2 N–H and O–H groups in total. The van der Waals surface area contributed by atoms with E-state index < -0.39 is 8.38 Å². The van der Waals surface area contributed by atoms with Crippen LogP contribution in [0.5, 0.6) is 5.75 Å². The number of ether oxygens (including phenoxy) is 1. The van der Waals surface area contributed by atoms with Crippen LogP contribution in [0.3, 0.4) is 0 Å². The Morgan fingerprint density at radius 3 is 2.40 bits per heavy atom. The summed E-state index contributed by atoms with van der Waals surface area (Å²) >= 11 is 0. The van der Waals surface area contributed by atoms with Crippen LogP contribution in [0.4, 0.5) is 4.39 Å². The smallest absolute Gasteiger partial charge is 0.205 e. The monoisotopic (exact) mass is 234 g/mol. The molecule has 86 valence electrons. The van der Waals surface area contributed by atoms with Crippen molar-refractivity contribution in [2.24, 2.45) is 0 Å². The fourth-order valence-corrected chi connectivity index (χ4v) is 1.06. The summed E-state index contributed by atoms with van der Waals surface area (Å²) in [6, 6.07) is 4.37. The molecule has 0 spiro atoms. The van der Waals surface area contributed by atoms with Gasteiger partial charge in [-0.3, -0.25) is 0 Å². The largest absolute Gasteiger partial charge is 0.484 e. The van der Waals surface area contributed by atoms with Crippen LogP contribution in [0.25, 0.3) is 0 Å². The summed E-state index contributed by atoms with van der Waals surface area (Å²) in [6.45, 7) is 5.64. The molecule has 0 unspecified atom stereocenters. The van der Waals surface area contributed by atoms with E-state index in [1.54, 1.807) is 19.1 Å². The highest BCUT2D eigenvalue weighted by atomic mass is 31.2. The van der Waals surface area contributed by atoms with Crippen LogP contribution in [0, 0.1) is 12.7 Å². The van der Waals surface area contributed by atoms with E-state index in [0.717, 1.165) is 0 Å². The van der Waals surface area contributed by atoms with Gasteiger partial charge >= 0.3 is 0 Å². The third-order valence-electron chi connectivity index (χ3n) is 1.49. The molecule has 0 fully saturated rings. The van der Waals surface area contributed by atoms with Gasteiger partial charge in [0, 0.05) is 6.07 Å². The number of hydrogen-bond donors (Lipinski definition) is 2. The van der Waals surface area contributed by atoms with E-state index >= 15 is 0 Å². The van der Waals surface area contributed by atoms with Crippen LogP contribution in [0.1, 0.15) is 19.4 Å². The fourth-order valence-electron chi connectivity index (χ4n) is 0.796. The van der Waals surface area contributed by atoms with E-state index in [0.29, 0.717) is 11.3 Å². The Kier molecular flexibility index (Phi) is 7.22. The average molecular weight is 234 g/mol. The molecular weight excluding hydrogens is 218 g/mol. The van der Waals surface area contributed by atoms with Gasteiger partial charge in [-0.15, -0.1) is 0 Å². The van der Waals surface area contributed by atoms with Crippen molar-refractivity contribution in [1.29, 1.82) is 0 Å². The third-order valence-corrected chi connectivity index (χ3v) is 1.85. The zero-order chi connectivity index (χ0) is 11.8. The van der Waals surface area contributed by atoms with Gasteiger partial charge in [-0.1, -0.05) is 19.9 Å². The first-order chi connectivity index (χ1) is 7.09. The first-order valence-electron chi connectivity index (χ1n) is 4.64. The molecule has 0 aromatic heterocycles. The van der Waals surface area contributed by atoms with Crippen molar-refractivity contribution in [3.8, 4) is 5.75 Å². The summed E-state index contributed by atoms with van der Waals surface area (Å²) in [6.07, 6.45) is -0.197. The Labute approximate surface area is 90.4 Å². The second-order valence-electron chi connectivity index (χ2n) is 2.56. The summed E-state index contributed by atoms with van der Waals surface area (Å²) in [7, 11) is -2.09.